The molecule has 0 heterocycles. The molecule has 1 aliphatic carbocycles. The van der Waals surface area contributed by atoms with E-state index >= 15 is 0 Å². The highest BCUT2D eigenvalue weighted by atomic mass is 16.4. The average Bonchev–Trinajstić information content (AvgIpc) is 2.08. The number of rotatable bonds is 1. The largest absolute Gasteiger partial charge is 0.547 e. The van der Waals surface area contributed by atoms with E-state index in [0.717, 1.165) is 6.92 Å². The van der Waals surface area contributed by atoms with Gasteiger partial charge in [-0.2, -0.15) is 0 Å². The molecule has 1 aliphatic rings. The van der Waals surface area contributed by atoms with Crippen LogP contribution in [-0.4, -0.2) is 17.2 Å². The molecule has 0 amide bonds. The van der Waals surface area contributed by atoms with E-state index in [4.69, 9.17) is 5.11 Å². The predicted molar refractivity (Wildman–Crippen MR) is 44.4 cm³/mol. The zero-order chi connectivity index (χ0) is 9.40. The van der Waals surface area contributed by atoms with Gasteiger partial charge in [0, 0.05) is 0 Å². The summed E-state index contributed by atoms with van der Waals surface area (Å²) in [6.45, 7) is 1.13. The lowest BCUT2D eigenvalue weighted by Crippen LogP contribution is -2.32. The third-order valence-electron chi connectivity index (χ3n) is 1.84. The summed E-state index contributed by atoms with van der Waals surface area (Å²) >= 11 is 0. The monoisotopic (exact) mass is 173 g/mol. The summed E-state index contributed by atoms with van der Waals surface area (Å²) < 4.78 is 0. The van der Waals surface area contributed by atoms with Crippen LogP contribution in [0.2, 0.25) is 0 Å². The van der Waals surface area contributed by atoms with Gasteiger partial charge >= 0.3 is 0 Å². The predicted octanol–water partition coefficient (Wildman–Crippen LogP) is 0.458. The molecule has 3 heteroatoms. The molecule has 1 fully saturated rings. The molecule has 1 N–H and O–H groups in total. The van der Waals surface area contributed by atoms with E-state index in [1.807, 2.05) is 0 Å². The van der Waals surface area contributed by atoms with E-state index in [0.29, 0.717) is 0 Å². The average molecular weight is 173 g/mol. The van der Waals surface area contributed by atoms with Crippen LogP contribution < -0.4 is 5.11 Å². The SMILES string of the molecule is C1CCCCC1.CC(O)C(=O)[O-]. The summed E-state index contributed by atoms with van der Waals surface area (Å²) in [5.74, 6) is -1.44. The Morgan fingerprint density at radius 1 is 1.17 bits per heavy atom. The van der Waals surface area contributed by atoms with Crippen molar-refractivity contribution in [2.45, 2.75) is 51.6 Å². The van der Waals surface area contributed by atoms with Crippen LogP contribution in [-0.2, 0) is 4.79 Å². The van der Waals surface area contributed by atoms with Crippen molar-refractivity contribution in [3.63, 3.8) is 0 Å². The fourth-order valence-electron chi connectivity index (χ4n) is 1.06. The van der Waals surface area contributed by atoms with Crippen molar-refractivity contribution in [3.05, 3.63) is 0 Å². The molecule has 72 valence electrons. The van der Waals surface area contributed by atoms with Crippen LogP contribution in [0.15, 0.2) is 0 Å². The van der Waals surface area contributed by atoms with Crippen molar-refractivity contribution >= 4 is 5.97 Å². The van der Waals surface area contributed by atoms with Crippen LogP contribution in [0.25, 0.3) is 0 Å². The lowest BCUT2D eigenvalue weighted by Gasteiger charge is -2.05. The standard InChI is InChI=1S/C6H12.C3H6O3/c1-2-4-6-5-3-1;1-2(4)3(5)6/h1-6H2;2,4H,1H3,(H,5,6)/p-1. The van der Waals surface area contributed by atoms with E-state index in [1.54, 1.807) is 0 Å². The van der Waals surface area contributed by atoms with Gasteiger partial charge in [0.15, 0.2) is 0 Å². The summed E-state index contributed by atoms with van der Waals surface area (Å²) in [6.07, 6.45) is 7.66. The number of aliphatic hydroxyl groups is 1. The third kappa shape index (κ3) is 7.54. The molecule has 0 radical (unpaired) electrons. The van der Waals surface area contributed by atoms with Gasteiger partial charge in [0.1, 0.15) is 0 Å². The maximum absolute atomic E-state index is 9.34. The van der Waals surface area contributed by atoms with Crippen molar-refractivity contribution in [2.75, 3.05) is 0 Å². The Morgan fingerprint density at radius 3 is 1.42 bits per heavy atom. The minimum absolute atomic E-state index is 1.13. The van der Waals surface area contributed by atoms with Crippen molar-refractivity contribution in [1.29, 1.82) is 0 Å². The van der Waals surface area contributed by atoms with Crippen LogP contribution >= 0.6 is 0 Å². The zero-order valence-corrected chi connectivity index (χ0v) is 7.58. The van der Waals surface area contributed by atoms with Gasteiger partial charge in [0.2, 0.25) is 0 Å². The van der Waals surface area contributed by atoms with E-state index in [1.165, 1.54) is 38.5 Å². The van der Waals surface area contributed by atoms with Crippen molar-refractivity contribution < 1.29 is 15.0 Å². The second kappa shape index (κ2) is 7.10. The maximum Gasteiger partial charge on any atom is 0.0905 e. The minimum Gasteiger partial charge on any atom is -0.547 e. The lowest BCUT2D eigenvalue weighted by molar-refractivity contribution is -0.314. The first kappa shape index (κ1) is 11.4. The molecule has 1 rings (SSSR count). The van der Waals surface area contributed by atoms with Gasteiger partial charge in [-0.1, -0.05) is 38.5 Å². The Balaban J connectivity index is 0.000000202. The second-order valence-corrected chi connectivity index (χ2v) is 3.12. The molecular formula is C9H17O3-. The van der Waals surface area contributed by atoms with Gasteiger partial charge in [0.25, 0.3) is 0 Å². The molecule has 0 aromatic heterocycles. The number of carbonyl (C=O) groups is 1. The van der Waals surface area contributed by atoms with Crippen molar-refractivity contribution in [1.82, 2.24) is 0 Å². The van der Waals surface area contributed by atoms with Gasteiger partial charge in [-0.05, 0) is 6.92 Å². The van der Waals surface area contributed by atoms with Crippen LogP contribution in [0.4, 0.5) is 0 Å². The summed E-state index contributed by atoms with van der Waals surface area (Å²) in [7, 11) is 0. The molecule has 1 atom stereocenters. The molecule has 12 heavy (non-hydrogen) atoms. The van der Waals surface area contributed by atoms with Gasteiger partial charge < -0.3 is 15.0 Å². The molecule has 1 unspecified atom stereocenters. The third-order valence-corrected chi connectivity index (χ3v) is 1.84. The van der Waals surface area contributed by atoms with Crippen LogP contribution in [0.3, 0.4) is 0 Å². The Kier molecular flexibility index (Phi) is 6.76. The highest BCUT2D eigenvalue weighted by molar-refractivity contribution is 5.68. The van der Waals surface area contributed by atoms with Gasteiger partial charge in [-0.3, -0.25) is 0 Å². The second-order valence-electron chi connectivity index (χ2n) is 3.12. The molecule has 0 spiro atoms. The smallest absolute Gasteiger partial charge is 0.0905 e. The fourth-order valence-corrected chi connectivity index (χ4v) is 1.06. The molecule has 3 nitrogen and oxygen atoms in total. The molecule has 0 bridgehead atoms. The first-order chi connectivity index (χ1) is 5.64. The Hall–Kier alpha value is -0.570. The molecule has 1 saturated carbocycles. The zero-order valence-electron chi connectivity index (χ0n) is 7.58. The van der Waals surface area contributed by atoms with Crippen LogP contribution in [0, 0.1) is 0 Å². The van der Waals surface area contributed by atoms with Crippen molar-refractivity contribution in [2.24, 2.45) is 0 Å². The summed E-state index contributed by atoms with van der Waals surface area (Å²) in [4.78, 5) is 9.34. The Labute approximate surface area is 73.4 Å². The molecular weight excluding hydrogens is 156 g/mol. The number of aliphatic carboxylic acids is 1. The fraction of sp³-hybridized carbons (Fsp3) is 0.889. The summed E-state index contributed by atoms with van der Waals surface area (Å²) in [5, 5.41) is 17.3. The summed E-state index contributed by atoms with van der Waals surface area (Å²) in [5.41, 5.74) is 0. The topological polar surface area (TPSA) is 60.4 Å². The summed E-state index contributed by atoms with van der Waals surface area (Å²) in [6, 6.07) is 0. The molecule has 0 aliphatic heterocycles. The first-order valence-electron chi connectivity index (χ1n) is 4.53. The Bertz CT molecular complexity index is 105. The van der Waals surface area contributed by atoms with E-state index in [2.05, 4.69) is 0 Å². The minimum atomic E-state index is -1.44. The van der Waals surface area contributed by atoms with Gasteiger partial charge in [-0.15, -0.1) is 0 Å². The van der Waals surface area contributed by atoms with Gasteiger partial charge in [-0.25, -0.2) is 0 Å². The van der Waals surface area contributed by atoms with Crippen molar-refractivity contribution in [3.8, 4) is 0 Å². The van der Waals surface area contributed by atoms with Crippen LogP contribution in [0.1, 0.15) is 45.4 Å². The number of aliphatic hydroxyl groups excluding tert-OH is 1. The number of hydrogen-bond donors (Lipinski definition) is 1. The molecule has 0 aromatic rings. The molecule has 0 aromatic carbocycles. The lowest BCUT2D eigenvalue weighted by atomic mass is 10.0. The van der Waals surface area contributed by atoms with E-state index < -0.39 is 12.1 Å². The molecule has 0 saturated heterocycles. The van der Waals surface area contributed by atoms with E-state index in [9.17, 15) is 9.90 Å². The number of carboxylic acids is 1. The number of carboxylic acid groups (broad SMARTS) is 1. The van der Waals surface area contributed by atoms with Crippen LogP contribution in [0.5, 0.6) is 0 Å². The number of carbonyl (C=O) groups excluding carboxylic acids is 1. The van der Waals surface area contributed by atoms with E-state index in [-0.39, 0.29) is 0 Å². The first-order valence-corrected chi connectivity index (χ1v) is 4.53. The highest BCUT2D eigenvalue weighted by Gasteiger charge is 1.95. The highest BCUT2D eigenvalue weighted by Crippen LogP contribution is 2.15. The normalized spacial score (nSPS) is 18.8. The Morgan fingerprint density at radius 2 is 1.33 bits per heavy atom. The van der Waals surface area contributed by atoms with Gasteiger partial charge in [0.05, 0.1) is 12.1 Å². The quantitative estimate of drug-likeness (QED) is 0.626. The maximum atomic E-state index is 9.34. The number of hydrogen-bond acceptors (Lipinski definition) is 3.